The monoisotopic (exact) mass is 257 g/mol. The minimum atomic E-state index is -0.0173. The first-order chi connectivity index (χ1) is 7.66. The Bertz CT molecular complexity index is 387. The maximum Gasteiger partial charge on any atom is 0.254 e. The number of pyridine rings is 1. The number of thioether (sulfide) groups is 1. The van der Waals surface area contributed by atoms with Crippen molar-refractivity contribution in [3.63, 3.8) is 0 Å². The Balaban J connectivity index is 2.19. The molecule has 1 fully saturated rings. The third kappa shape index (κ3) is 2.59. The predicted molar refractivity (Wildman–Crippen MR) is 66.9 cm³/mol. The number of carbonyl (C=O) groups excluding carboxylic acids is 1. The van der Waals surface area contributed by atoms with Gasteiger partial charge in [-0.05, 0) is 12.1 Å². The number of nitrogens with zero attached hydrogens (tertiary/aromatic N) is 2. The Hall–Kier alpha value is -0.940. The van der Waals surface area contributed by atoms with E-state index < -0.39 is 0 Å². The number of anilines is 1. The van der Waals surface area contributed by atoms with E-state index in [1.807, 2.05) is 16.7 Å². The van der Waals surface area contributed by atoms with E-state index in [4.69, 9.17) is 17.3 Å². The number of amides is 1. The SMILES string of the molecule is Nc1cc(C(=O)N2CCSCC2)cc(Cl)n1. The second-order valence-corrected chi connectivity index (χ2v) is 5.12. The smallest absolute Gasteiger partial charge is 0.254 e. The largest absolute Gasteiger partial charge is 0.384 e. The summed E-state index contributed by atoms with van der Waals surface area (Å²) in [5.74, 6) is 2.23. The highest BCUT2D eigenvalue weighted by molar-refractivity contribution is 7.99. The van der Waals surface area contributed by atoms with Crippen LogP contribution in [0.15, 0.2) is 12.1 Å². The van der Waals surface area contributed by atoms with E-state index in [0.29, 0.717) is 5.56 Å². The molecule has 2 heterocycles. The van der Waals surface area contributed by atoms with Crippen molar-refractivity contribution in [1.82, 2.24) is 9.88 Å². The Morgan fingerprint density at radius 2 is 2.12 bits per heavy atom. The van der Waals surface area contributed by atoms with Gasteiger partial charge in [0.25, 0.3) is 5.91 Å². The highest BCUT2D eigenvalue weighted by Gasteiger charge is 2.19. The summed E-state index contributed by atoms with van der Waals surface area (Å²) in [6.07, 6.45) is 0. The van der Waals surface area contributed by atoms with Gasteiger partial charge in [-0.15, -0.1) is 0 Å². The van der Waals surface area contributed by atoms with Gasteiger partial charge in [-0.3, -0.25) is 4.79 Å². The molecule has 0 bridgehead atoms. The van der Waals surface area contributed by atoms with Crippen LogP contribution in [0.25, 0.3) is 0 Å². The molecule has 0 aliphatic carbocycles. The number of rotatable bonds is 1. The molecule has 1 aliphatic heterocycles. The lowest BCUT2D eigenvalue weighted by molar-refractivity contribution is 0.0772. The summed E-state index contributed by atoms with van der Waals surface area (Å²) in [5.41, 5.74) is 6.07. The van der Waals surface area contributed by atoms with Crippen molar-refractivity contribution >= 4 is 35.1 Å². The molecule has 0 saturated carbocycles. The molecular formula is C10H12ClN3OS. The molecule has 0 aromatic carbocycles. The van der Waals surface area contributed by atoms with Gasteiger partial charge in [0.1, 0.15) is 11.0 Å². The summed E-state index contributed by atoms with van der Waals surface area (Å²) in [4.78, 5) is 17.7. The molecule has 6 heteroatoms. The molecular weight excluding hydrogens is 246 g/mol. The van der Waals surface area contributed by atoms with E-state index in [1.165, 1.54) is 0 Å². The first-order valence-electron chi connectivity index (χ1n) is 4.97. The average Bonchev–Trinajstić information content (AvgIpc) is 2.28. The van der Waals surface area contributed by atoms with Gasteiger partial charge in [-0.1, -0.05) is 11.6 Å². The summed E-state index contributed by atoms with van der Waals surface area (Å²) >= 11 is 7.63. The Kier molecular flexibility index (Phi) is 3.56. The fourth-order valence-corrected chi connectivity index (χ4v) is 2.71. The molecule has 0 atom stereocenters. The van der Waals surface area contributed by atoms with Gasteiger partial charge in [0, 0.05) is 30.2 Å². The lowest BCUT2D eigenvalue weighted by Gasteiger charge is -2.26. The van der Waals surface area contributed by atoms with E-state index in [2.05, 4.69) is 4.98 Å². The highest BCUT2D eigenvalue weighted by atomic mass is 35.5. The third-order valence-corrected chi connectivity index (χ3v) is 3.50. The average molecular weight is 258 g/mol. The summed E-state index contributed by atoms with van der Waals surface area (Å²) in [6, 6.07) is 3.12. The highest BCUT2D eigenvalue weighted by Crippen LogP contribution is 2.17. The van der Waals surface area contributed by atoms with E-state index >= 15 is 0 Å². The van der Waals surface area contributed by atoms with Crippen LogP contribution < -0.4 is 5.73 Å². The van der Waals surface area contributed by atoms with Crippen LogP contribution in [0.3, 0.4) is 0 Å². The maximum atomic E-state index is 12.1. The number of nitrogen functional groups attached to an aromatic ring is 1. The molecule has 1 aromatic rings. The second-order valence-electron chi connectivity index (χ2n) is 3.51. The molecule has 1 saturated heterocycles. The number of nitrogens with two attached hydrogens (primary N) is 1. The zero-order chi connectivity index (χ0) is 11.5. The van der Waals surface area contributed by atoms with Gasteiger partial charge in [-0.25, -0.2) is 4.98 Å². The maximum absolute atomic E-state index is 12.1. The lowest BCUT2D eigenvalue weighted by atomic mass is 10.2. The van der Waals surface area contributed by atoms with Crippen molar-refractivity contribution in [2.75, 3.05) is 30.3 Å². The molecule has 0 radical (unpaired) electrons. The Morgan fingerprint density at radius 3 is 2.75 bits per heavy atom. The van der Waals surface area contributed by atoms with Gasteiger partial charge >= 0.3 is 0 Å². The molecule has 1 aromatic heterocycles. The van der Waals surface area contributed by atoms with E-state index in [-0.39, 0.29) is 16.9 Å². The quantitative estimate of drug-likeness (QED) is 0.775. The molecule has 0 unspecified atom stereocenters. The third-order valence-electron chi connectivity index (χ3n) is 2.36. The molecule has 1 aliphatic rings. The van der Waals surface area contributed by atoms with Crippen LogP contribution in [0.1, 0.15) is 10.4 Å². The van der Waals surface area contributed by atoms with Crippen molar-refractivity contribution < 1.29 is 4.79 Å². The van der Waals surface area contributed by atoms with Crippen molar-refractivity contribution in [2.45, 2.75) is 0 Å². The summed E-state index contributed by atoms with van der Waals surface area (Å²) in [6.45, 7) is 1.56. The predicted octanol–water partition coefficient (Wildman–Crippen LogP) is 1.51. The molecule has 2 N–H and O–H groups in total. The van der Waals surface area contributed by atoms with Crippen LogP contribution >= 0.6 is 23.4 Å². The fraction of sp³-hybridized carbons (Fsp3) is 0.400. The summed E-state index contributed by atoms with van der Waals surface area (Å²) in [5, 5.41) is 0.259. The van der Waals surface area contributed by atoms with Gasteiger partial charge in [0.05, 0.1) is 0 Å². The van der Waals surface area contributed by atoms with E-state index in [1.54, 1.807) is 12.1 Å². The zero-order valence-corrected chi connectivity index (χ0v) is 10.2. The normalized spacial score (nSPS) is 16.2. The van der Waals surface area contributed by atoms with Crippen LogP contribution in [0.4, 0.5) is 5.82 Å². The molecule has 1 amide bonds. The molecule has 16 heavy (non-hydrogen) atoms. The summed E-state index contributed by atoms with van der Waals surface area (Å²) in [7, 11) is 0. The van der Waals surface area contributed by atoms with Gasteiger partial charge in [0.15, 0.2) is 0 Å². The molecule has 2 rings (SSSR count). The first kappa shape index (κ1) is 11.5. The van der Waals surface area contributed by atoms with E-state index in [0.717, 1.165) is 24.6 Å². The molecule has 0 spiro atoms. The Labute approximate surface area is 103 Å². The fourth-order valence-electron chi connectivity index (χ4n) is 1.59. The minimum absolute atomic E-state index is 0.0173. The van der Waals surface area contributed by atoms with Crippen molar-refractivity contribution in [3.8, 4) is 0 Å². The number of carbonyl (C=O) groups is 1. The van der Waals surface area contributed by atoms with Crippen molar-refractivity contribution in [1.29, 1.82) is 0 Å². The standard InChI is InChI=1S/C10H12ClN3OS/c11-8-5-7(6-9(12)13-8)10(15)14-1-3-16-4-2-14/h5-6H,1-4H2,(H2,12,13). The van der Waals surface area contributed by atoms with Crippen LogP contribution in [-0.2, 0) is 0 Å². The molecule has 4 nitrogen and oxygen atoms in total. The minimum Gasteiger partial charge on any atom is -0.384 e. The van der Waals surface area contributed by atoms with Gasteiger partial charge in [-0.2, -0.15) is 11.8 Å². The van der Waals surface area contributed by atoms with Gasteiger partial charge < -0.3 is 10.6 Å². The Morgan fingerprint density at radius 1 is 1.44 bits per heavy atom. The van der Waals surface area contributed by atoms with Crippen LogP contribution in [0.2, 0.25) is 5.15 Å². The van der Waals surface area contributed by atoms with Crippen molar-refractivity contribution in [2.24, 2.45) is 0 Å². The van der Waals surface area contributed by atoms with Crippen molar-refractivity contribution in [3.05, 3.63) is 22.8 Å². The number of hydrogen-bond acceptors (Lipinski definition) is 4. The molecule has 86 valence electrons. The van der Waals surface area contributed by atoms with E-state index in [9.17, 15) is 4.79 Å². The first-order valence-corrected chi connectivity index (χ1v) is 6.50. The van der Waals surface area contributed by atoms with Crippen LogP contribution in [-0.4, -0.2) is 40.4 Å². The lowest BCUT2D eigenvalue weighted by Crippen LogP contribution is -2.37. The van der Waals surface area contributed by atoms with Gasteiger partial charge in [0.2, 0.25) is 0 Å². The number of halogens is 1. The van der Waals surface area contributed by atoms with Crippen LogP contribution in [0, 0.1) is 0 Å². The summed E-state index contributed by atoms with van der Waals surface area (Å²) < 4.78 is 0. The van der Waals surface area contributed by atoms with Crippen LogP contribution in [0.5, 0.6) is 0 Å². The second kappa shape index (κ2) is 4.93. The topological polar surface area (TPSA) is 59.2 Å². The number of aromatic nitrogens is 1. The number of hydrogen-bond donors (Lipinski definition) is 1. The zero-order valence-electron chi connectivity index (χ0n) is 8.65.